The molecule has 4 heteroatoms. The average molecular weight is 339 g/mol. The molecule has 2 N–H and O–H groups in total. The molecule has 86 valence electrons. The fourth-order valence-electron chi connectivity index (χ4n) is 1.29. The maximum Gasteiger partial charge on any atom is 0.343 e. The zero-order valence-electron chi connectivity index (χ0n) is 8.89. The van der Waals surface area contributed by atoms with Gasteiger partial charge in [0.1, 0.15) is 5.75 Å². The zero-order valence-corrected chi connectivity index (χ0v) is 11.0. The van der Waals surface area contributed by atoms with Crippen molar-refractivity contribution in [1.82, 2.24) is 0 Å². The third-order valence-electron chi connectivity index (χ3n) is 2.17. The lowest BCUT2D eigenvalue weighted by Gasteiger charge is -2.04. The molecule has 0 aliphatic heterocycles. The van der Waals surface area contributed by atoms with Gasteiger partial charge in [0, 0.05) is 9.26 Å². The number of carbonyl (C=O) groups excluding carboxylic acids is 1. The highest BCUT2D eigenvalue weighted by Crippen LogP contribution is 2.15. The number of nitrogens with two attached hydrogens (primary N) is 1. The van der Waals surface area contributed by atoms with Gasteiger partial charge in [0.15, 0.2) is 0 Å². The Bertz CT molecular complexity index is 520. The first-order chi connectivity index (χ1) is 8.15. The van der Waals surface area contributed by atoms with E-state index in [-0.39, 0.29) is 5.97 Å². The normalized spacial score (nSPS) is 9.94. The summed E-state index contributed by atoms with van der Waals surface area (Å²) in [6, 6.07) is 13.9. The molecule has 0 aromatic heterocycles. The minimum Gasteiger partial charge on any atom is -0.423 e. The molecule has 0 fully saturated rings. The Kier molecular flexibility index (Phi) is 3.63. The standard InChI is InChI=1S/C13H10INO2/c14-10-3-1-9(2-4-10)13(16)17-12-7-5-11(15)6-8-12/h1-8H,15H2. The summed E-state index contributed by atoms with van der Waals surface area (Å²) in [5, 5.41) is 0. The van der Waals surface area contributed by atoms with Gasteiger partial charge in [-0.15, -0.1) is 0 Å². The Morgan fingerprint density at radius 1 is 1.00 bits per heavy atom. The van der Waals surface area contributed by atoms with Crippen LogP contribution < -0.4 is 10.5 Å². The second kappa shape index (κ2) is 5.18. The number of ether oxygens (including phenoxy) is 1. The lowest BCUT2D eigenvalue weighted by Crippen LogP contribution is -2.08. The van der Waals surface area contributed by atoms with Gasteiger partial charge in [0.25, 0.3) is 0 Å². The smallest absolute Gasteiger partial charge is 0.343 e. The van der Waals surface area contributed by atoms with Gasteiger partial charge < -0.3 is 10.5 Å². The first-order valence-electron chi connectivity index (χ1n) is 4.98. The Labute approximate surface area is 113 Å². The average Bonchev–Trinajstić information content (AvgIpc) is 2.33. The van der Waals surface area contributed by atoms with Crippen LogP contribution in [0, 0.1) is 3.57 Å². The topological polar surface area (TPSA) is 52.3 Å². The second-order valence-electron chi connectivity index (χ2n) is 3.47. The molecule has 0 heterocycles. The number of hydrogen-bond acceptors (Lipinski definition) is 3. The number of hydrogen-bond donors (Lipinski definition) is 1. The van der Waals surface area contributed by atoms with E-state index in [9.17, 15) is 4.79 Å². The van der Waals surface area contributed by atoms with Gasteiger partial charge in [-0.25, -0.2) is 4.79 Å². The maximum atomic E-state index is 11.8. The van der Waals surface area contributed by atoms with E-state index in [1.54, 1.807) is 36.4 Å². The van der Waals surface area contributed by atoms with E-state index in [0.717, 1.165) is 3.57 Å². The number of anilines is 1. The maximum absolute atomic E-state index is 11.8. The minimum atomic E-state index is -0.369. The molecular weight excluding hydrogens is 329 g/mol. The van der Waals surface area contributed by atoms with E-state index < -0.39 is 0 Å². The number of rotatable bonds is 2. The Morgan fingerprint density at radius 3 is 2.18 bits per heavy atom. The van der Waals surface area contributed by atoms with Crippen LogP contribution in [0.15, 0.2) is 48.5 Å². The monoisotopic (exact) mass is 339 g/mol. The summed E-state index contributed by atoms with van der Waals surface area (Å²) in [5.74, 6) is 0.119. The van der Waals surface area contributed by atoms with Gasteiger partial charge in [-0.3, -0.25) is 0 Å². The highest BCUT2D eigenvalue weighted by molar-refractivity contribution is 14.1. The van der Waals surface area contributed by atoms with E-state index >= 15 is 0 Å². The molecule has 0 aliphatic carbocycles. The van der Waals surface area contributed by atoms with E-state index in [4.69, 9.17) is 10.5 Å². The summed E-state index contributed by atoms with van der Waals surface area (Å²) in [6.07, 6.45) is 0. The molecule has 2 aromatic rings. The molecule has 3 nitrogen and oxygen atoms in total. The summed E-state index contributed by atoms with van der Waals surface area (Å²) < 4.78 is 6.27. The Hall–Kier alpha value is -1.56. The van der Waals surface area contributed by atoms with Crippen LogP contribution in [0.5, 0.6) is 5.75 Å². The van der Waals surface area contributed by atoms with Crippen LogP contribution in [0.2, 0.25) is 0 Å². The third-order valence-corrected chi connectivity index (χ3v) is 2.89. The summed E-state index contributed by atoms with van der Waals surface area (Å²) in [7, 11) is 0. The summed E-state index contributed by atoms with van der Waals surface area (Å²) >= 11 is 2.18. The first kappa shape index (κ1) is 11.9. The Morgan fingerprint density at radius 2 is 1.59 bits per heavy atom. The van der Waals surface area contributed by atoms with Gasteiger partial charge in [-0.1, -0.05) is 0 Å². The van der Waals surface area contributed by atoms with Crippen molar-refractivity contribution in [3.8, 4) is 5.75 Å². The van der Waals surface area contributed by atoms with Gasteiger partial charge in [-0.2, -0.15) is 0 Å². The van der Waals surface area contributed by atoms with Gasteiger partial charge in [0.05, 0.1) is 5.56 Å². The predicted octanol–water partition coefficient (Wildman–Crippen LogP) is 3.09. The summed E-state index contributed by atoms with van der Waals surface area (Å²) in [5.41, 5.74) is 6.71. The van der Waals surface area contributed by atoms with E-state index in [0.29, 0.717) is 17.0 Å². The summed E-state index contributed by atoms with van der Waals surface area (Å²) in [4.78, 5) is 11.8. The van der Waals surface area contributed by atoms with Crippen LogP contribution in [-0.4, -0.2) is 5.97 Å². The number of nitrogen functional groups attached to an aromatic ring is 1. The Balaban J connectivity index is 2.11. The fourth-order valence-corrected chi connectivity index (χ4v) is 1.65. The number of carbonyl (C=O) groups is 1. The van der Waals surface area contributed by atoms with Crippen molar-refractivity contribution in [1.29, 1.82) is 0 Å². The molecule has 17 heavy (non-hydrogen) atoms. The molecule has 0 saturated heterocycles. The zero-order chi connectivity index (χ0) is 12.3. The summed E-state index contributed by atoms with van der Waals surface area (Å²) in [6.45, 7) is 0. The second-order valence-corrected chi connectivity index (χ2v) is 4.71. The predicted molar refractivity (Wildman–Crippen MR) is 75.0 cm³/mol. The van der Waals surface area contributed by atoms with Crippen LogP contribution in [0.4, 0.5) is 5.69 Å². The highest BCUT2D eigenvalue weighted by Gasteiger charge is 2.07. The molecule has 0 bridgehead atoms. The lowest BCUT2D eigenvalue weighted by atomic mass is 10.2. The van der Waals surface area contributed by atoms with Gasteiger partial charge >= 0.3 is 5.97 Å². The number of halogens is 1. The molecule has 2 aromatic carbocycles. The SMILES string of the molecule is Nc1ccc(OC(=O)c2ccc(I)cc2)cc1. The van der Waals surface area contributed by atoms with Crippen molar-refractivity contribution in [3.63, 3.8) is 0 Å². The molecular formula is C13H10INO2. The number of benzene rings is 2. The molecule has 0 aliphatic rings. The molecule has 0 radical (unpaired) electrons. The number of esters is 1. The van der Waals surface area contributed by atoms with Crippen molar-refractivity contribution in [2.75, 3.05) is 5.73 Å². The molecule has 0 saturated carbocycles. The fraction of sp³-hybridized carbons (Fsp3) is 0. The molecule has 0 unspecified atom stereocenters. The van der Waals surface area contributed by atoms with Crippen molar-refractivity contribution >= 4 is 34.2 Å². The van der Waals surface area contributed by atoms with Crippen LogP contribution in [-0.2, 0) is 0 Å². The largest absolute Gasteiger partial charge is 0.423 e. The van der Waals surface area contributed by atoms with Crippen molar-refractivity contribution in [2.24, 2.45) is 0 Å². The quantitative estimate of drug-likeness (QED) is 0.396. The molecule has 2 rings (SSSR count). The van der Waals surface area contributed by atoms with Gasteiger partial charge in [0.2, 0.25) is 0 Å². The third kappa shape index (κ3) is 3.20. The highest BCUT2D eigenvalue weighted by atomic mass is 127. The van der Waals surface area contributed by atoms with Crippen molar-refractivity contribution in [2.45, 2.75) is 0 Å². The van der Waals surface area contributed by atoms with Crippen LogP contribution >= 0.6 is 22.6 Å². The van der Waals surface area contributed by atoms with Crippen LogP contribution in [0.3, 0.4) is 0 Å². The molecule has 0 atom stereocenters. The van der Waals surface area contributed by atoms with E-state index in [1.807, 2.05) is 12.1 Å². The lowest BCUT2D eigenvalue weighted by molar-refractivity contribution is 0.0735. The van der Waals surface area contributed by atoms with E-state index in [1.165, 1.54) is 0 Å². The van der Waals surface area contributed by atoms with Crippen LogP contribution in [0.25, 0.3) is 0 Å². The van der Waals surface area contributed by atoms with Crippen molar-refractivity contribution in [3.05, 3.63) is 57.7 Å². The van der Waals surface area contributed by atoms with Crippen LogP contribution in [0.1, 0.15) is 10.4 Å². The molecule has 0 spiro atoms. The van der Waals surface area contributed by atoms with Crippen molar-refractivity contribution < 1.29 is 9.53 Å². The van der Waals surface area contributed by atoms with Gasteiger partial charge in [-0.05, 0) is 71.1 Å². The van der Waals surface area contributed by atoms with E-state index in [2.05, 4.69) is 22.6 Å². The first-order valence-corrected chi connectivity index (χ1v) is 6.06. The minimum absolute atomic E-state index is 0.369. The molecule has 0 amide bonds.